The summed E-state index contributed by atoms with van der Waals surface area (Å²) >= 11 is 0. The fourth-order valence-electron chi connectivity index (χ4n) is 0.736. The van der Waals surface area contributed by atoms with Gasteiger partial charge in [0, 0.05) is 5.56 Å². The SMILES string of the molecule is C#Cc1cccc(C(=O)[O-])c1.[Na+]. The molecule has 0 heterocycles. The largest absolute Gasteiger partial charge is 1.00 e. The summed E-state index contributed by atoms with van der Waals surface area (Å²) in [6, 6.07) is 6.08. The summed E-state index contributed by atoms with van der Waals surface area (Å²) in [5.41, 5.74) is 0.659. The number of carboxylic acids is 1. The van der Waals surface area contributed by atoms with Gasteiger partial charge in [-0.25, -0.2) is 0 Å². The first-order valence-electron chi connectivity index (χ1n) is 3.02. The number of benzene rings is 1. The van der Waals surface area contributed by atoms with Crippen LogP contribution in [0.3, 0.4) is 0 Å². The number of rotatable bonds is 1. The predicted octanol–water partition coefficient (Wildman–Crippen LogP) is -2.96. The third kappa shape index (κ3) is 2.71. The summed E-state index contributed by atoms with van der Waals surface area (Å²) < 4.78 is 0. The first-order valence-corrected chi connectivity index (χ1v) is 3.02. The van der Waals surface area contributed by atoms with Crippen LogP contribution in [0.25, 0.3) is 0 Å². The van der Waals surface area contributed by atoms with Crippen molar-refractivity contribution in [1.29, 1.82) is 0 Å². The van der Waals surface area contributed by atoms with Gasteiger partial charge >= 0.3 is 29.6 Å². The second-order valence-electron chi connectivity index (χ2n) is 2.01. The minimum atomic E-state index is -1.21. The van der Waals surface area contributed by atoms with Crippen LogP contribution in [0.5, 0.6) is 0 Å². The maximum Gasteiger partial charge on any atom is 1.00 e. The van der Waals surface area contributed by atoms with Gasteiger partial charge < -0.3 is 9.90 Å². The van der Waals surface area contributed by atoms with E-state index < -0.39 is 5.97 Å². The van der Waals surface area contributed by atoms with Gasteiger partial charge in [0.15, 0.2) is 0 Å². The molecule has 0 radical (unpaired) electrons. The molecule has 1 rings (SSSR count). The molecule has 0 bridgehead atoms. The van der Waals surface area contributed by atoms with Gasteiger partial charge in [-0.1, -0.05) is 18.1 Å². The number of hydrogen-bond acceptors (Lipinski definition) is 2. The first-order chi connectivity index (χ1) is 5.24. The van der Waals surface area contributed by atoms with Crippen LogP contribution in [0.2, 0.25) is 0 Å². The second-order valence-corrected chi connectivity index (χ2v) is 2.01. The van der Waals surface area contributed by atoms with Crippen molar-refractivity contribution in [3.05, 3.63) is 35.4 Å². The van der Waals surface area contributed by atoms with Crippen molar-refractivity contribution < 1.29 is 39.5 Å². The molecule has 0 unspecified atom stereocenters. The quantitative estimate of drug-likeness (QED) is 0.332. The van der Waals surface area contributed by atoms with Crippen molar-refractivity contribution in [2.75, 3.05) is 0 Å². The number of carbonyl (C=O) groups excluding carboxylic acids is 1. The predicted molar refractivity (Wildman–Crippen MR) is 38.7 cm³/mol. The maximum atomic E-state index is 10.3. The third-order valence-electron chi connectivity index (χ3n) is 1.26. The van der Waals surface area contributed by atoms with E-state index in [1.165, 1.54) is 12.1 Å². The Morgan fingerprint density at radius 1 is 1.50 bits per heavy atom. The van der Waals surface area contributed by atoms with Gasteiger partial charge in [0.25, 0.3) is 0 Å². The van der Waals surface area contributed by atoms with E-state index in [4.69, 9.17) is 6.42 Å². The van der Waals surface area contributed by atoms with Gasteiger partial charge in [-0.15, -0.1) is 6.42 Å². The number of carboxylic acid groups (broad SMARTS) is 1. The Labute approximate surface area is 92.9 Å². The Morgan fingerprint density at radius 2 is 2.17 bits per heavy atom. The van der Waals surface area contributed by atoms with E-state index >= 15 is 0 Å². The molecule has 1 aromatic carbocycles. The molecule has 0 atom stereocenters. The molecular formula is C9H5NaO2. The summed E-state index contributed by atoms with van der Waals surface area (Å²) in [6.45, 7) is 0. The standard InChI is InChI=1S/C9H6O2.Na/c1-2-7-4-3-5-8(6-7)9(10)11;/h1,3-6H,(H,10,11);/q;+1/p-1. The zero-order chi connectivity index (χ0) is 8.27. The molecule has 0 saturated heterocycles. The van der Waals surface area contributed by atoms with Crippen LogP contribution < -0.4 is 34.7 Å². The van der Waals surface area contributed by atoms with Gasteiger partial charge in [0.1, 0.15) is 0 Å². The zero-order valence-electron chi connectivity index (χ0n) is 6.70. The summed E-state index contributed by atoms with van der Waals surface area (Å²) in [6.07, 6.45) is 5.06. The Balaban J connectivity index is 0.00000121. The van der Waals surface area contributed by atoms with E-state index in [1.807, 2.05) is 0 Å². The third-order valence-corrected chi connectivity index (χ3v) is 1.26. The van der Waals surface area contributed by atoms with E-state index in [2.05, 4.69) is 5.92 Å². The summed E-state index contributed by atoms with van der Waals surface area (Å²) in [4.78, 5) is 10.3. The van der Waals surface area contributed by atoms with Crippen molar-refractivity contribution in [3.8, 4) is 12.3 Å². The minimum Gasteiger partial charge on any atom is -0.545 e. The van der Waals surface area contributed by atoms with Gasteiger partial charge in [-0.05, 0) is 17.7 Å². The van der Waals surface area contributed by atoms with Crippen LogP contribution in [0.1, 0.15) is 15.9 Å². The van der Waals surface area contributed by atoms with E-state index in [0.29, 0.717) is 5.56 Å². The molecule has 1 aromatic rings. The van der Waals surface area contributed by atoms with Crippen molar-refractivity contribution >= 4 is 5.97 Å². The average Bonchev–Trinajstić information content (AvgIpc) is 2.05. The molecule has 54 valence electrons. The maximum absolute atomic E-state index is 10.3. The van der Waals surface area contributed by atoms with Crippen LogP contribution in [0, 0.1) is 12.3 Å². The van der Waals surface area contributed by atoms with Gasteiger partial charge in [-0.3, -0.25) is 0 Å². The van der Waals surface area contributed by atoms with Crippen LogP contribution in [-0.4, -0.2) is 5.97 Å². The molecule has 0 aliphatic heterocycles. The van der Waals surface area contributed by atoms with Crippen molar-refractivity contribution in [1.82, 2.24) is 0 Å². The molecule has 0 saturated carbocycles. The van der Waals surface area contributed by atoms with Crippen LogP contribution in [0.15, 0.2) is 24.3 Å². The first kappa shape index (κ1) is 11.2. The zero-order valence-corrected chi connectivity index (χ0v) is 8.70. The van der Waals surface area contributed by atoms with E-state index in [-0.39, 0.29) is 35.1 Å². The fourth-order valence-corrected chi connectivity index (χ4v) is 0.736. The fraction of sp³-hybridized carbons (Fsp3) is 0. The molecule has 0 spiro atoms. The normalized spacial score (nSPS) is 7.92. The van der Waals surface area contributed by atoms with Crippen LogP contribution >= 0.6 is 0 Å². The number of hydrogen-bond donors (Lipinski definition) is 0. The van der Waals surface area contributed by atoms with Crippen LogP contribution in [-0.2, 0) is 0 Å². The average molecular weight is 168 g/mol. The molecule has 12 heavy (non-hydrogen) atoms. The minimum absolute atomic E-state index is 0. The van der Waals surface area contributed by atoms with Gasteiger partial charge in [-0.2, -0.15) is 0 Å². The van der Waals surface area contributed by atoms with Crippen LogP contribution in [0.4, 0.5) is 0 Å². The molecular weight excluding hydrogens is 163 g/mol. The van der Waals surface area contributed by atoms with Gasteiger partial charge in [0.2, 0.25) is 0 Å². The molecule has 0 N–H and O–H groups in total. The van der Waals surface area contributed by atoms with E-state index in [1.54, 1.807) is 12.1 Å². The summed E-state index contributed by atoms with van der Waals surface area (Å²) in [5.74, 6) is 1.12. The molecule has 3 heteroatoms. The molecule has 0 aromatic heterocycles. The monoisotopic (exact) mass is 168 g/mol. The Morgan fingerprint density at radius 3 is 2.67 bits per heavy atom. The van der Waals surface area contributed by atoms with Crippen molar-refractivity contribution in [2.24, 2.45) is 0 Å². The second kappa shape index (κ2) is 5.00. The summed E-state index contributed by atoms with van der Waals surface area (Å²) in [7, 11) is 0. The van der Waals surface area contributed by atoms with E-state index in [9.17, 15) is 9.90 Å². The smallest absolute Gasteiger partial charge is 0.545 e. The molecule has 2 nitrogen and oxygen atoms in total. The number of aromatic carboxylic acids is 1. The Kier molecular flexibility index (Phi) is 4.68. The molecule has 0 aliphatic carbocycles. The van der Waals surface area contributed by atoms with Crippen molar-refractivity contribution in [2.45, 2.75) is 0 Å². The number of carbonyl (C=O) groups is 1. The molecule has 0 amide bonds. The topological polar surface area (TPSA) is 40.1 Å². The molecule has 0 aliphatic rings. The van der Waals surface area contributed by atoms with E-state index in [0.717, 1.165) is 0 Å². The Hall–Kier alpha value is -0.750. The number of terminal acetylenes is 1. The molecule has 0 fully saturated rings. The van der Waals surface area contributed by atoms with Crippen molar-refractivity contribution in [3.63, 3.8) is 0 Å². The summed E-state index contributed by atoms with van der Waals surface area (Å²) in [5, 5.41) is 10.3. The Bertz CT molecular complexity index is 326. The van der Waals surface area contributed by atoms with Gasteiger partial charge in [0.05, 0.1) is 5.97 Å².